The topological polar surface area (TPSA) is 42.9 Å². The molecule has 3 rings (SSSR count). The minimum Gasteiger partial charge on any atom is -0.372 e. The summed E-state index contributed by atoms with van der Waals surface area (Å²) in [7, 11) is 1.86. The first-order valence-corrected chi connectivity index (χ1v) is 11.1. The Hall–Kier alpha value is -1.75. The van der Waals surface area contributed by atoms with Crippen LogP contribution in [0.5, 0.6) is 0 Å². The van der Waals surface area contributed by atoms with Gasteiger partial charge in [-0.1, -0.05) is 19.1 Å². The first kappa shape index (κ1) is 21.0. The fourth-order valence-corrected chi connectivity index (χ4v) is 4.23. The van der Waals surface area contributed by atoms with Crippen LogP contribution in [0.25, 0.3) is 0 Å². The third kappa shape index (κ3) is 5.87. The maximum Gasteiger partial charge on any atom is 0.191 e. The van der Waals surface area contributed by atoms with E-state index in [1.165, 1.54) is 63.1 Å². The van der Waals surface area contributed by atoms with Gasteiger partial charge >= 0.3 is 0 Å². The Morgan fingerprint density at radius 1 is 1.04 bits per heavy atom. The van der Waals surface area contributed by atoms with Gasteiger partial charge in [-0.05, 0) is 63.1 Å². The van der Waals surface area contributed by atoms with E-state index in [-0.39, 0.29) is 0 Å². The van der Waals surface area contributed by atoms with E-state index in [1.807, 2.05) is 7.05 Å². The summed E-state index contributed by atoms with van der Waals surface area (Å²) in [5.74, 6) is 1.79. The van der Waals surface area contributed by atoms with Crippen molar-refractivity contribution in [2.75, 3.05) is 38.1 Å². The second-order valence-corrected chi connectivity index (χ2v) is 8.81. The first-order valence-electron chi connectivity index (χ1n) is 11.1. The molecule has 0 bridgehead atoms. The van der Waals surface area contributed by atoms with Crippen molar-refractivity contribution in [1.29, 1.82) is 0 Å². The first-order chi connectivity index (χ1) is 13.5. The summed E-state index contributed by atoms with van der Waals surface area (Å²) in [4.78, 5) is 9.49. The van der Waals surface area contributed by atoms with Gasteiger partial charge < -0.3 is 20.4 Å². The molecule has 0 amide bonds. The average molecular weight is 386 g/mol. The average Bonchev–Trinajstić information content (AvgIpc) is 2.72. The maximum atomic E-state index is 4.42. The number of anilines is 1. The molecule has 5 heteroatoms. The molecule has 2 heterocycles. The molecule has 0 spiro atoms. The van der Waals surface area contributed by atoms with E-state index in [4.69, 9.17) is 0 Å². The Morgan fingerprint density at radius 3 is 2.25 bits per heavy atom. The van der Waals surface area contributed by atoms with Crippen LogP contribution in [0.15, 0.2) is 29.3 Å². The maximum absolute atomic E-state index is 4.42. The van der Waals surface area contributed by atoms with Crippen molar-refractivity contribution < 1.29 is 0 Å². The lowest BCUT2D eigenvalue weighted by Crippen LogP contribution is -2.49. The van der Waals surface area contributed by atoms with Gasteiger partial charge in [0.25, 0.3) is 0 Å². The van der Waals surface area contributed by atoms with Crippen molar-refractivity contribution in [2.45, 2.75) is 65.1 Å². The van der Waals surface area contributed by atoms with E-state index in [0.29, 0.717) is 12.1 Å². The predicted octanol–water partition coefficient (Wildman–Crippen LogP) is 3.46. The number of guanidine groups is 1. The molecule has 0 aromatic heterocycles. The number of nitrogens with zero attached hydrogens (tertiary/aromatic N) is 3. The largest absolute Gasteiger partial charge is 0.372 e. The summed E-state index contributed by atoms with van der Waals surface area (Å²) in [5, 5.41) is 7.09. The van der Waals surface area contributed by atoms with Crippen LogP contribution in [0.2, 0.25) is 0 Å². The number of nitrogens with one attached hydrogen (secondary N) is 2. The van der Waals surface area contributed by atoms with Gasteiger partial charge in [0.1, 0.15) is 0 Å². The molecule has 2 N–H and O–H groups in total. The fourth-order valence-electron chi connectivity index (χ4n) is 4.23. The zero-order valence-corrected chi connectivity index (χ0v) is 18.2. The van der Waals surface area contributed by atoms with Crippen molar-refractivity contribution in [3.05, 3.63) is 29.8 Å². The number of hydrogen-bond acceptors (Lipinski definition) is 3. The summed E-state index contributed by atoms with van der Waals surface area (Å²) in [6.07, 6.45) is 4.98. The van der Waals surface area contributed by atoms with Gasteiger partial charge in [-0.3, -0.25) is 4.99 Å². The van der Waals surface area contributed by atoms with Crippen LogP contribution in [0.3, 0.4) is 0 Å². The van der Waals surface area contributed by atoms with Crippen molar-refractivity contribution in [1.82, 2.24) is 15.5 Å². The Balaban J connectivity index is 1.44. The molecule has 0 radical (unpaired) electrons. The lowest BCUT2D eigenvalue weighted by atomic mass is 9.99. The van der Waals surface area contributed by atoms with Crippen molar-refractivity contribution in [3.63, 3.8) is 0 Å². The molecule has 2 aliphatic heterocycles. The Morgan fingerprint density at radius 2 is 1.68 bits per heavy atom. The highest BCUT2D eigenvalue weighted by Gasteiger charge is 2.21. The molecule has 156 valence electrons. The summed E-state index contributed by atoms with van der Waals surface area (Å²) in [5.41, 5.74) is 2.65. The lowest BCUT2D eigenvalue weighted by molar-refractivity contribution is 0.167. The highest BCUT2D eigenvalue weighted by Crippen LogP contribution is 2.23. The van der Waals surface area contributed by atoms with Gasteiger partial charge in [0.05, 0.1) is 0 Å². The summed E-state index contributed by atoms with van der Waals surface area (Å²) in [6, 6.07) is 10.2. The molecule has 0 unspecified atom stereocenters. The smallest absolute Gasteiger partial charge is 0.191 e. The SMILES string of the molecule is CN=C(NCc1ccc(N2CCC(C)CC2)cc1)NC1CCN(C(C)C)CC1. The zero-order chi connectivity index (χ0) is 19.9. The van der Waals surface area contributed by atoms with E-state index in [1.54, 1.807) is 0 Å². The monoisotopic (exact) mass is 385 g/mol. The molecule has 0 atom stereocenters. The summed E-state index contributed by atoms with van der Waals surface area (Å²) >= 11 is 0. The van der Waals surface area contributed by atoms with E-state index in [0.717, 1.165) is 18.4 Å². The molecule has 0 aliphatic carbocycles. The third-order valence-electron chi connectivity index (χ3n) is 6.37. The second kappa shape index (κ2) is 10.1. The van der Waals surface area contributed by atoms with E-state index >= 15 is 0 Å². The quantitative estimate of drug-likeness (QED) is 0.602. The zero-order valence-electron chi connectivity index (χ0n) is 18.2. The molecular formula is C23H39N5. The van der Waals surface area contributed by atoms with Crippen LogP contribution in [0.4, 0.5) is 5.69 Å². The summed E-state index contributed by atoms with van der Waals surface area (Å²) in [6.45, 7) is 12.4. The normalized spacial score (nSPS) is 20.6. The molecule has 1 aromatic carbocycles. The second-order valence-electron chi connectivity index (χ2n) is 8.81. The fraction of sp³-hybridized carbons (Fsp3) is 0.696. The predicted molar refractivity (Wildman–Crippen MR) is 120 cm³/mol. The van der Waals surface area contributed by atoms with Crippen LogP contribution >= 0.6 is 0 Å². The van der Waals surface area contributed by atoms with Gasteiger partial charge in [-0.25, -0.2) is 0 Å². The van der Waals surface area contributed by atoms with Crippen LogP contribution < -0.4 is 15.5 Å². The molecule has 28 heavy (non-hydrogen) atoms. The van der Waals surface area contributed by atoms with Crippen molar-refractivity contribution >= 4 is 11.6 Å². The number of likely N-dealkylation sites (tertiary alicyclic amines) is 1. The lowest BCUT2D eigenvalue weighted by Gasteiger charge is -2.35. The van der Waals surface area contributed by atoms with Gasteiger partial charge in [0.2, 0.25) is 0 Å². The Kier molecular flexibility index (Phi) is 7.60. The number of rotatable bonds is 5. The number of benzene rings is 1. The highest BCUT2D eigenvalue weighted by molar-refractivity contribution is 5.80. The van der Waals surface area contributed by atoms with E-state index < -0.39 is 0 Å². The van der Waals surface area contributed by atoms with Crippen molar-refractivity contribution in [3.8, 4) is 0 Å². The molecule has 2 aliphatic rings. The molecule has 0 saturated carbocycles. The third-order valence-corrected chi connectivity index (χ3v) is 6.37. The molecule has 1 aromatic rings. The standard InChI is InChI=1S/C23H39N5/c1-18(2)27-15-11-21(12-16-27)26-23(24-4)25-17-20-5-7-22(8-6-20)28-13-9-19(3)10-14-28/h5-8,18-19,21H,9-17H2,1-4H3,(H2,24,25,26). The minimum atomic E-state index is 0.519. The van der Waals surface area contributed by atoms with Crippen LogP contribution in [0, 0.1) is 5.92 Å². The molecule has 5 nitrogen and oxygen atoms in total. The highest BCUT2D eigenvalue weighted by atomic mass is 15.2. The van der Waals surface area contributed by atoms with E-state index in [2.05, 4.69) is 70.5 Å². The number of piperidine rings is 2. The van der Waals surface area contributed by atoms with Crippen molar-refractivity contribution in [2.24, 2.45) is 10.9 Å². The Labute approximate surface area is 171 Å². The van der Waals surface area contributed by atoms with Gasteiger partial charge in [-0.2, -0.15) is 0 Å². The van der Waals surface area contributed by atoms with E-state index in [9.17, 15) is 0 Å². The van der Waals surface area contributed by atoms with Gasteiger partial charge in [-0.15, -0.1) is 0 Å². The molecular weight excluding hydrogens is 346 g/mol. The number of hydrogen-bond donors (Lipinski definition) is 2. The minimum absolute atomic E-state index is 0.519. The number of aliphatic imine (C=N–C) groups is 1. The van der Waals surface area contributed by atoms with Gasteiger partial charge in [0, 0.05) is 57.5 Å². The van der Waals surface area contributed by atoms with Crippen LogP contribution in [-0.4, -0.2) is 56.2 Å². The summed E-state index contributed by atoms with van der Waals surface area (Å²) < 4.78 is 0. The van der Waals surface area contributed by atoms with Crippen LogP contribution in [-0.2, 0) is 6.54 Å². The van der Waals surface area contributed by atoms with Crippen LogP contribution in [0.1, 0.15) is 52.0 Å². The van der Waals surface area contributed by atoms with Gasteiger partial charge in [0.15, 0.2) is 5.96 Å². The molecule has 2 saturated heterocycles. The molecule has 2 fully saturated rings. The Bertz CT molecular complexity index is 608.